The summed E-state index contributed by atoms with van der Waals surface area (Å²) in [5, 5.41) is 19.5. The number of ether oxygens (including phenoxy) is 2. The van der Waals surface area contributed by atoms with Crippen molar-refractivity contribution < 1.29 is 46.9 Å². The highest BCUT2D eigenvalue weighted by molar-refractivity contribution is 6.34. The lowest BCUT2D eigenvalue weighted by Crippen LogP contribution is -2.49. The molecule has 5 N–H and O–H groups in total. The van der Waals surface area contributed by atoms with E-state index in [0.29, 0.717) is 59.3 Å². The molecule has 1 aromatic heterocycles. The van der Waals surface area contributed by atoms with E-state index in [2.05, 4.69) is 15.7 Å². The summed E-state index contributed by atoms with van der Waals surface area (Å²) in [5.41, 5.74) is 5.55. The minimum Gasteiger partial charge on any atom is -0.488 e. The summed E-state index contributed by atoms with van der Waals surface area (Å²) in [6, 6.07) is 14.9. The summed E-state index contributed by atoms with van der Waals surface area (Å²) in [7, 11) is 1.68. The fraction of sp³-hybridized carbons (Fsp3) is 0.341. The van der Waals surface area contributed by atoms with Crippen LogP contribution in [0.15, 0.2) is 60.7 Å². The maximum absolute atomic E-state index is 16.4. The molecule has 4 heterocycles. The fourth-order valence-electron chi connectivity index (χ4n) is 9.08. The first-order valence-electron chi connectivity index (χ1n) is 20.1. The van der Waals surface area contributed by atoms with Crippen LogP contribution in [0.3, 0.4) is 0 Å². The molecule has 0 aliphatic carbocycles. The van der Waals surface area contributed by atoms with Gasteiger partial charge < -0.3 is 30.5 Å². The molecule has 0 unspecified atom stereocenters. The molecule has 2 saturated heterocycles. The van der Waals surface area contributed by atoms with Crippen LogP contribution in [0.25, 0.3) is 22.0 Å². The number of primary amides is 1. The van der Waals surface area contributed by atoms with Crippen molar-refractivity contribution in [3.8, 4) is 22.6 Å². The second-order valence-electron chi connectivity index (χ2n) is 15.6. The Balaban J connectivity index is 1.02. The topological polar surface area (TPSA) is 181 Å². The molecule has 14 nitrogen and oxygen atoms in total. The van der Waals surface area contributed by atoms with Gasteiger partial charge in [-0.1, -0.05) is 48.9 Å². The minimum absolute atomic E-state index is 0.0256. The third kappa shape index (κ3) is 7.36. The number of nitrogens with two attached hydrogens (primary N) is 1. The smallest absolute Gasteiger partial charge is 0.329 e. The van der Waals surface area contributed by atoms with Crippen LogP contribution in [0, 0.1) is 17.5 Å². The van der Waals surface area contributed by atoms with Crippen LogP contribution >= 0.6 is 11.6 Å². The Labute approximate surface area is 358 Å². The SMILES string of the molecule is C[C@H]1c2c(cc(F)c(Cl)c2-c2c(C(N)=O)ccc(OCCO)c2F)O[C@]1(CNCC(=O)N1CCC(c2c(F)ccc3c(N4CCC(=O)NC4=O)nn(C)c23)CC1)c1ccccc1. The van der Waals surface area contributed by atoms with Gasteiger partial charge in [0.15, 0.2) is 23.0 Å². The summed E-state index contributed by atoms with van der Waals surface area (Å²) in [6.45, 7) is 1.84. The van der Waals surface area contributed by atoms with Crippen LogP contribution < -0.4 is 30.7 Å². The van der Waals surface area contributed by atoms with Gasteiger partial charge in [0.1, 0.15) is 24.0 Å². The predicted molar refractivity (Wildman–Crippen MR) is 223 cm³/mol. The van der Waals surface area contributed by atoms with Crippen LogP contribution in [0.4, 0.5) is 23.8 Å². The van der Waals surface area contributed by atoms with Crippen LogP contribution in [-0.2, 0) is 22.2 Å². The van der Waals surface area contributed by atoms with Crippen molar-refractivity contribution in [2.24, 2.45) is 12.8 Å². The van der Waals surface area contributed by atoms with Crippen molar-refractivity contribution >= 4 is 52.1 Å². The van der Waals surface area contributed by atoms with Crippen LogP contribution in [-0.4, -0.2) is 89.5 Å². The van der Waals surface area contributed by atoms with Gasteiger partial charge in [-0.3, -0.25) is 29.3 Å². The van der Waals surface area contributed by atoms with Crippen LogP contribution in [0.1, 0.15) is 65.1 Å². The molecule has 5 aromatic rings. The molecular formula is C44H43ClF3N7O7. The molecule has 0 saturated carbocycles. The Morgan fingerprint density at radius 2 is 1.77 bits per heavy atom. The summed E-state index contributed by atoms with van der Waals surface area (Å²) in [5.74, 6) is -4.87. The minimum atomic E-state index is -1.29. The van der Waals surface area contributed by atoms with E-state index in [-0.39, 0.29) is 78.6 Å². The first-order valence-corrected chi connectivity index (χ1v) is 20.5. The van der Waals surface area contributed by atoms with Gasteiger partial charge >= 0.3 is 6.03 Å². The van der Waals surface area contributed by atoms with Crippen molar-refractivity contribution in [1.82, 2.24) is 25.3 Å². The van der Waals surface area contributed by atoms with Crippen molar-refractivity contribution in [1.29, 1.82) is 0 Å². The molecule has 2 fully saturated rings. The Bertz CT molecular complexity index is 2620. The summed E-state index contributed by atoms with van der Waals surface area (Å²) in [6.07, 6.45) is 1.02. The highest BCUT2D eigenvalue weighted by Crippen LogP contribution is 2.56. The van der Waals surface area contributed by atoms with Crippen LogP contribution in [0.2, 0.25) is 5.02 Å². The number of imide groups is 1. The average Bonchev–Trinajstić information content (AvgIpc) is 3.73. The zero-order chi connectivity index (χ0) is 44.0. The Morgan fingerprint density at radius 3 is 2.47 bits per heavy atom. The fourth-order valence-corrected chi connectivity index (χ4v) is 9.34. The molecule has 62 heavy (non-hydrogen) atoms. The van der Waals surface area contributed by atoms with Gasteiger partial charge in [-0.05, 0) is 48.6 Å². The van der Waals surface area contributed by atoms with Gasteiger partial charge in [0, 0.05) is 79.3 Å². The second kappa shape index (κ2) is 16.9. The Kier molecular flexibility index (Phi) is 11.6. The highest BCUT2D eigenvalue weighted by atomic mass is 35.5. The van der Waals surface area contributed by atoms with E-state index in [1.165, 1.54) is 23.1 Å². The number of nitrogens with one attached hydrogen (secondary N) is 2. The first-order chi connectivity index (χ1) is 29.7. The van der Waals surface area contributed by atoms with Crippen molar-refractivity contribution in [3.05, 3.63) is 105 Å². The number of aliphatic hydroxyl groups is 1. The number of carbonyl (C=O) groups is 4. The monoisotopic (exact) mass is 873 g/mol. The summed E-state index contributed by atoms with van der Waals surface area (Å²) >= 11 is 6.64. The second-order valence-corrected chi connectivity index (χ2v) is 16.0. The molecule has 0 spiro atoms. The molecule has 0 radical (unpaired) electrons. The maximum atomic E-state index is 16.4. The largest absolute Gasteiger partial charge is 0.488 e. The Morgan fingerprint density at radius 1 is 1.03 bits per heavy atom. The van der Waals surface area contributed by atoms with E-state index in [4.69, 9.17) is 26.8 Å². The number of aryl methyl sites for hydroxylation is 1. The number of piperidine rings is 1. The Hall–Kier alpha value is -6.17. The van der Waals surface area contributed by atoms with Gasteiger partial charge in [0.25, 0.3) is 0 Å². The standard InChI is InChI=1S/C44H43ClF3N7O7/c1-23-34-31(20-29(47)38(45)37(34)36-26(41(49)59)9-11-30(39(36)48)61-19-18-56)62-44(23,25-6-4-3-5-7-25)22-50-21-33(58)54-15-12-24(13-16-54)35-28(46)10-8-27-40(35)53(2)52-42(27)55-17-14-32(57)51-43(55)60/h3-11,20,23-24,50,56H,12-19,21-22H2,1-2H3,(H2,49,59)(H,51,57,60)/t23-,44-/m0/s1. The normalized spacial score (nSPS) is 19.1. The zero-order valence-corrected chi connectivity index (χ0v) is 34.5. The lowest BCUT2D eigenvalue weighted by molar-refractivity contribution is -0.131. The van der Waals surface area contributed by atoms with Crippen molar-refractivity contribution in [2.45, 2.75) is 43.6 Å². The number of hydrogen-bond donors (Lipinski definition) is 4. The molecule has 8 rings (SSSR count). The van der Waals surface area contributed by atoms with E-state index < -0.39 is 52.5 Å². The number of halogens is 4. The van der Waals surface area contributed by atoms with Gasteiger partial charge in [-0.15, -0.1) is 0 Å². The number of aromatic nitrogens is 2. The van der Waals surface area contributed by atoms with Crippen LogP contribution in [0.5, 0.6) is 11.5 Å². The van der Waals surface area contributed by atoms with Gasteiger partial charge in [-0.2, -0.15) is 5.10 Å². The van der Waals surface area contributed by atoms with E-state index in [9.17, 15) is 24.3 Å². The number of anilines is 1. The maximum Gasteiger partial charge on any atom is 0.329 e. The third-order valence-corrected chi connectivity index (χ3v) is 12.5. The van der Waals surface area contributed by atoms with Gasteiger partial charge in [-0.25, -0.2) is 18.0 Å². The molecule has 4 aromatic carbocycles. The lowest BCUT2D eigenvalue weighted by Gasteiger charge is -2.35. The van der Waals surface area contributed by atoms with Crippen molar-refractivity contribution in [2.75, 3.05) is 50.8 Å². The van der Waals surface area contributed by atoms with Gasteiger partial charge in [0.05, 0.1) is 29.3 Å². The van der Waals surface area contributed by atoms with Gasteiger partial charge in [0.2, 0.25) is 17.7 Å². The number of likely N-dealkylation sites (tertiary alicyclic amines) is 1. The van der Waals surface area contributed by atoms with Crippen molar-refractivity contribution in [3.63, 3.8) is 0 Å². The number of urea groups is 1. The average molecular weight is 874 g/mol. The quantitative estimate of drug-likeness (QED) is 0.124. The van der Waals surface area contributed by atoms with E-state index in [0.717, 1.165) is 6.07 Å². The lowest BCUT2D eigenvalue weighted by atomic mass is 9.77. The number of amides is 5. The molecular weight excluding hydrogens is 831 g/mol. The number of nitrogens with zero attached hydrogens (tertiary/aromatic N) is 4. The summed E-state index contributed by atoms with van der Waals surface area (Å²) in [4.78, 5) is 54.0. The molecule has 0 bridgehead atoms. The van der Waals surface area contributed by atoms with E-state index in [1.54, 1.807) is 41.8 Å². The number of rotatable bonds is 12. The number of fused-ring (bicyclic) bond motifs is 2. The molecule has 18 heteroatoms. The highest BCUT2D eigenvalue weighted by Gasteiger charge is 2.50. The third-order valence-electron chi connectivity index (χ3n) is 12.1. The zero-order valence-electron chi connectivity index (χ0n) is 33.8. The molecule has 2 atom stereocenters. The predicted octanol–water partition coefficient (Wildman–Crippen LogP) is 5.61. The number of carbonyl (C=O) groups excluding carboxylic acids is 4. The molecule has 5 amide bonds. The molecule has 3 aliphatic rings. The molecule has 324 valence electrons. The molecule has 3 aliphatic heterocycles. The van der Waals surface area contributed by atoms with E-state index in [1.807, 2.05) is 18.2 Å². The number of hydrogen-bond acceptors (Lipinski definition) is 9. The summed E-state index contributed by atoms with van der Waals surface area (Å²) < 4.78 is 61.4. The first kappa shape index (κ1) is 42.5. The number of benzene rings is 4. The van der Waals surface area contributed by atoms with E-state index >= 15 is 13.2 Å². The number of aliphatic hydroxyl groups excluding tert-OH is 1.